The van der Waals surface area contributed by atoms with Gasteiger partial charge in [0.05, 0.1) is 22.3 Å². The molecule has 2 aromatic carbocycles. The Hall–Kier alpha value is -2.20. The van der Waals surface area contributed by atoms with Crippen LogP contribution in [-0.4, -0.2) is 16.0 Å². The van der Waals surface area contributed by atoms with Crippen molar-refractivity contribution in [2.45, 2.75) is 0 Å². The Balaban J connectivity index is 2.17. The third kappa shape index (κ3) is 1.90. The maximum absolute atomic E-state index is 13.6. The first kappa shape index (κ1) is 11.9. The highest BCUT2D eigenvalue weighted by Crippen LogP contribution is 2.28. The SMILES string of the molecule is O=C(c1ccccc1F)c1ccc2[nH]ncc2c1Cl. The van der Waals surface area contributed by atoms with Crippen LogP contribution in [0.1, 0.15) is 15.9 Å². The number of carbonyl (C=O) groups is 1. The van der Waals surface area contributed by atoms with Crippen LogP contribution in [0.2, 0.25) is 5.02 Å². The van der Waals surface area contributed by atoms with Crippen LogP contribution >= 0.6 is 11.6 Å². The molecule has 0 saturated heterocycles. The summed E-state index contributed by atoms with van der Waals surface area (Å²) < 4.78 is 13.6. The van der Waals surface area contributed by atoms with E-state index >= 15 is 0 Å². The molecule has 3 nitrogen and oxygen atoms in total. The summed E-state index contributed by atoms with van der Waals surface area (Å²) in [6, 6.07) is 9.10. The molecule has 0 saturated carbocycles. The summed E-state index contributed by atoms with van der Waals surface area (Å²) in [5, 5.41) is 7.54. The van der Waals surface area contributed by atoms with Crippen LogP contribution in [0.5, 0.6) is 0 Å². The largest absolute Gasteiger partial charge is 0.288 e. The zero-order valence-corrected chi connectivity index (χ0v) is 10.4. The van der Waals surface area contributed by atoms with Crippen molar-refractivity contribution in [2.24, 2.45) is 0 Å². The van der Waals surface area contributed by atoms with Crippen LogP contribution in [0, 0.1) is 5.82 Å². The summed E-state index contributed by atoms with van der Waals surface area (Å²) in [5.41, 5.74) is 1.00. The van der Waals surface area contributed by atoms with Gasteiger partial charge in [0, 0.05) is 10.9 Å². The molecule has 94 valence electrons. The molecule has 1 aromatic heterocycles. The second kappa shape index (κ2) is 4.48. The van der Waals surface area contributed by atoms with Gasteiger partial charge >= 0.3 is 0 Å². The molecule has 3 rings (SSSR count). The first-order chi connectivity index (χ1) is 9.18. The minimum atomic E-state index is -0.559. The number of nitrogens with one attached hydrogen (secondary N) is 1. The molecule has 5 heteroatoms. The van der Waals surface area contributed by atoms with E-state index in [-0.39, 0.29) is 16.1 Å². The highest BCUT2D eigenvalue weighted by molar-refractivity contribution is 6.39. The summed E-state index contributed by atoms with van der Waals surface area (Å²) in [7, 11) is 0. The Morgan fingerprint density at radius 2 is 1.95 bits per heavy atom. The number of hydrogen-bond acceptors (Lipinski definition) is 2. The highest BCUT2D eigenvalue weighted by Gasteiger charge is 2.18. The van der Waals surface area contributed by atoms with Gasteiger partial charge in [-0.3, -0.25) is 9.89 Å². The van der Waals surface area contributed by atoms with Crippen molar-refractivity contribution in [1.82, 2.24) is 10.2 Å². The molecular weight excluding hydrogens is 267 g/mol. The molecule has 19 heavy (non-hydrogen) atoms. The van der Waals surface area contributed by atoms with Gasteiger partial charge in [0.25, 0.3) is 0 Å². The lowest BCUT2D eigenvalue weighted by Gasteiger charge is -2.05. The Labute approximate surface area is 113 Å². The van der Waals surface area contributed by atoms with Gasteiger partial charge in [-0.1, -0.05) is 23.7 Å². The predicted molar refractivity (Wildman–Crippen MR) is 70.9 cm³/mol. The van der Waals surface area contributed by atoms with Crippen LogP contribution in [0.15, 0.2) is 42.6 Å². The fraction of sp³-hybridized carbons (Fsp3) is 0. The van der Waals surface area contributed by atoms with E-state index in [0.717, 1.165) is 5.52 Å². The minimum absolute atomic E-state index is 0.00671. The summed E-state index contributed by atoms with van der Waals surface area (Å²) in [6.45, 7) is 0. The Bertz CT molecular complexity index is 782. The van der Waals surface area contributed by atoms with Crippen LogP contribution in [0.3, 0.4) is 0 Å². The van der Waals surface area contributed by atoms with Crippen molar-refractivity contribution in [3.63, 3.8) is 0 Å². The third-order valence-corrected chi connectivity index (χ3v) is 3.33. The Morgan fingerprint density at radius 1 is 1.16 bits per heavy atom. The molecule has 0 spiro atoms. The van der Waals surface area contributed by atoms with E-state index in [4.69, 9.17) is 11.6 Å². The van der Waals surface area contributed by atoms with Gasteiger partial charge in [-0.2, -0.15) is 5.10 Å². The lowest BCUT2D eigenvalue weighted by molar-refractivity contribution is 0.103. The smallest absolute Gasteiger partial charge is 0.197 e. The van der Waals surface area contributed by atoms with Gasteiger partial charge in [0.15, 0.2) is 5.78 Å². The first-order valence-corrected chi connectivity index (χ1v) is 5.97. The van der Waals surface area contributed by atoms with Gasteiger partial charge < -0.3 is 0 Å². The van der Waals surface area contributed by atoms with Crippen LogP contribution in [0.25, 0.3) is 10.9 Å². The van der Waals surface area contributed by atoms with Crippen molar-refractivity contribution in [3.05, 3.63) is 64.6 Å². The molecule has 0 fully saturated rings. The molecule has 0 unspecified atom stereocenters. The minimum Gasteiger partial charge on any atom is -0.288 e. The number of halogens is 2. The highest BCUT2D eigenvalue weighted by atomic mass is 35.5. The van der Waals surface area contributed by atoms with Gasteiger partial charge in [-0.25, -0.2) is 4.39 Å². The second-order valence-corrected chi connectivity index (χ2v) is 4.45. The van der Waals surface area contributed by atoms with E-state index in [9.17, 15) is 9.18 Å². The van der Waals surface area contributed by atoms with Crippen molar-refractivity contribution in [3.8, 4) is 0 Å². The topological polar surface area (TPSA) is 45.8 Å². The van der Waals surface area contributed by atoms with E-state index in [2.05, 4.69) is 10.2 Å². The second-order valence-electron chi connectivity index (χ2n) is 4.07. The summed E-state index contributed by atoms with van der Waals surface area (Å²) in [4.78, 5) is 12.3. The van der Waals surface area contributed by atoms with Crippen LogP contribution < -0.4 is 0 Å². The monoisotopic (exact) mass is 274 g/mol. The number of ketones is 1. The molecule has 1 N–H and O–H groups in total. The number of aromatic amines is 1. The molecule has 1 heterocycles. The lowest BCUT2D eigenvalue weighted by atomic mass is 10.0. The summed E-state index contributed by atoms with van der Waals surface area (Å²) in [6.07, 6.45) is 1.54. The summed E-state index contributed by atoms with van der Waals surface area (Å²) >= 11 is 6.18. The Kier molecular flexibility index (Phi) is 2.80. The fourth-order valence-electron chi connectivity index (χ4n) is 1.95. The lowest BCUT2D eigenvalue weighted by Crippen LogP contribution is -2.04. The van der Waals surface area contributed by atoms with Crippen LogP contribution in [-0.2, 0) is 0 Å². The van der Waals surface area contributed by atoms with Gasteiger partial charge in [0.1, 0.15) is 5.82 Å². The molecule has 0 atom stereocenters. The number of aromatic nitrogens is 2. The third-order valence-electron chi connectivity index (χ3n) is 2.92. The van der Waals surface area contributed by atoms with Gasteiger partial charge in [0.2, 0.25) is 0 Å². The summed E-state index contributed by atoms with van der Waals surface area (Å²) in [5.74, 6) is -0.998. The maximum atomic E-state index is 13.6. The van der Waals surface area contributed by atoms with Gasteiger partial charge in [-0.15, -0.1) is 0 Å². The van der Waals surface area contributed by atoms with E-state index in [1.54, 1.807) is 18.2 Å². The number of nitrogens with zero attached hydrogens (tertiary/aromatic N) is 1. The molecule has 0 aliphatic heterocycles. The van der Waals surface area contributed by atoms with E-state index < -0.39 is 11.6 Å². The molecule has 0 aliphatic rings. The molecule has 0 radical (unpaired) electrons. The maximum Gasteiger partial charge on any atom is 0.197 e. The first-order valence-electron chi connectivity index (χ1n) is 5.59. The average Bonchev–Trinajstić information content (AvgIpc) is 2.88. The molecule has 0 amide bonds. The normalized spacial score (nSPS) is 10.8. The number of fused-ring (bicyclic) bond motifs is 1. The van der Waals surface area contributed by atoms with Crippen molar-refractivity contribution >= 4 is 28.3 Å². The number of benzene rings is 2. The molecule has 0 aliphatic carbocycles. The van der Waals surface area contributed by atoms with E-state index in [1.165, 1.54) is 24.4 Å². The molecular formula is C14H8ClFN2O. The number of rotatable bonds is 2. The van der Waals surface area contributed by atoms with Crippen LogP contribution in [0.4, 0.5) is 4.39 Å². The number of H-pyrrole nitrogens is 1. The van der Waals surface area contributed by atoms with Crippen molar-refractivity contribution in [1.29, 1.82) is 0 Å². The van der Waals surface area contributed by atoms with Crippen molar-refractivity contribution < 1.29 is 9.18 Å². The molecule has 0 bridgehead atoms. The van der Waals surface area contributed by atoms with Crippen molar-refractivity contribution in [2.75, 3.05) is 0 Å². The Morgan fingerprint density at radius 3 is 2.74 bits per heavy atom. The van der Waals surface area contributed by atoms with E-state index in [1.807, 2.05) is 0 Å². The quantitative estimate of drug-likeness (QED) is 0.726. The zero-order chi connectivity index (χ0) is 13.4. The van der Waals surface area contributed by atoms with Gasteiger partial charge in [-0.05, 0) is 24.3 Å². The number of carbonyl (C=O) groups excluding carboxylic acids is 1. The average molecular weight is 275 g/mol. The zero-order valence-electron chi connectivity index (χ0n) is 9.65. The molecule has 3 aromatic rings. The predicted octanol–water partition coefficient (Wildman–Crippen LogP) is 3.59. The van der Waals surface area contributed by atoms with E-state index in [0.29, 0.717) is 5.39 Å². The standard InChI is InChI=1S/C14H8ClFN2O/c15-13-9(5-6-12-10(13)7-17-18-12)14(19)8-3-1-2-4-11(8)16/h1-7H,(H,17,18). The number of hydrogen-bond donors (Lipinski definition) is 1. The fourth-order valence-corrected chi connectivity index (χ4v) is 2.25.